The van der Waals surface area contributed by atoms with Crippen LogP contribution < -0.4 is 0 Å². The number of aliphatic carboxylic acids is 1. The Hall–Kier alpha value is -2.73. The van der Waals surface area contributed by atoms with Crippen LogP contribution in [-0.2, 0) is 4.79 Å². The van der Waals surface area contributed by atoms with Crippen molar-refractivity contribution in [3.05, 3.63) is 57.6 Å². The van der Waals surface area contributed by atoms with Crippen LogP contribution in [-0.4, -0.2) is 21.2 Å². The Bertz CT molecular complexity index is 895. The summed E-state index contributed by atoms with van der Waals surface area (Å²) in [7, 11) is 0. The summed E-state index contributed by atoms with van der Waals surface area (Å²) in [6, 6.07) is 7.92. The lowest BCUT2D eigenvalue weighted by Crippen LogP contribution is -1.98. The Labute approximate surface area is 143 Å². The van der Waals surface area contributed by atoms with Gasteiger partial charge in [0.2, 0.25) is 5.82 Å². The lowest BCUT2D eigenvalue weighted by molar-refractivity contribution is -0.135. The first-order chi connectivity index (χ1) is 11.5. The molecule has 3 aromatic rings. The molecule has 0 unspecified atom stereocenters. The van der Waals surface area contributed by atoms with E-state index in [1.807, 2.05) is 48.9 Å². The summed E-state index contributed by atoms with van der Waals surface area (Å²) in [5.74, 6) is -0.246. The number of hydrogen-bond acceptors (Lipinski definition) is 5. The molecule has 0 aliphatic rings. The largest absolute Gasteiger partial charge is 0.481 e. The van der Waals surface area contributed by atoms with Gasteiger partial charge in [-0.15, -0.1) is 0 Å². The molecule has 0 fully saturated rings. The third kappa shape index (κ3) is 3.60. The fourth-order valence-corrected chi connectivity index (χ4v) is 2.95. The fourth-order valence-electron chi connectivity index (χ4n) is 2.32. The monoisotopic (exact) mass is 340 g/mol. The number of nitrogens with zero attached hydrogens (tertiary/aromatic N) is 2. The minimum absolute atomic E-state index is 0.182. The van der Waals surface area contributed by atoms with Crippen molar-refractivity contribution in [1.82, 2.24) is 10.1 Å². The van der Waals surface area contributed by atoms with E-state index in [1.54, 1.807) is 6.08 Å². The van der Waals surface area contributed by atoms with Crippen molar-refractivity contribution in [2.75, 3.05) is 0 Å². The second kappa shape index (κ2) is 6.80. The lowest BCUT2D eigenvalue weighted by atomic mass is 10.0. The highest BCUT2D eigenvalue weighted by molar-refractivity contribution is 7.08. The summed E-state index contributed by atoms with van der Waals surface area (Å²) in [5, 5.41) is 17.0. The number of thiophene rings is 1. The Kier molecular flexibility index (Phi) is 4.57. The van der Waals surface area contributed by atoms with Crippen molar-refractivity contribution in [3.8, 4) is 11.4 Å². The molecule has 2 aromatic heterocycles. The molecule has 122 valence electrons. The first-order valence-electron chi connectivity index (χ1n) is 7.39. The zero-order chi connectivity index (χ0) is 17.1. The van der Waals surface area contributed by atoms with Gasteiger partial charge in [-0.1, -0.05) is 28.9 Å². The quantitative estimate of drug-likeness (QED) is 0.743. The van der Waals surface area contributed by atoms with E-state index >= 15 is 0 Å². The molecule has 0 saturated carbocycles. The van der Waals surface area contributed by atoms with Crippen LogP contribution in [0.25, 0.3) is 23.0 Å². The normalized spacial score (nSPS) is 11.7. The number of rotatable bonds is 5. The molecular weight excluding hydrogens is 324 g/mol. The van der Waals surface area contributed by atoms with Crippen LogP contribution in [0, 0.1) is 13.8 Å². The van der Waals surface area contributed by atoms with E-state index < -0.39 is 5.97 Å². The molecule has 24 heavy (non-hydrogen) atoms. The van der Waals surface area contributed by atoms with Gasteiger partial charge < -0.3 is 9.63 Å². The molecule has 0 spiro atoms. The van der Waals surface area contributed by atoms with Crippen LogP contribution in [0.5, 0.6) is 0 Å². The first-order valence-corrected chi connectivity index (χ1v) is 8.33. The maximum absolute atomic E-state index is 11.2. The van der Waals surface area contributed by atoms with E-state index in [1.165, 1.54) is 11.3 Å². The topological polar surface area (TPSA) is 76.2 Å². The van der Waals surface area contributed by atoms with Crippen molar-refractivity contribution in [3.63, 3.8) is 0 Å². The van der Waals surface area contributed by atoms with Gasteiger partial charge in [0.25, 0.3) is 5.89 Å². The smallest absolute Gasteiger partial charge is 0.308 e. The van der Waals surface area contributed by atoms with Gasteiger partial charge in [-0.05, 0) is 42.5 Å². The minimum atomic E-state index is -0.943. The summed E-state index contributed by atoms with van der Waals surface area (Å²) in [5.41, 5.74) is 4.45. The summed E-state index contributed by atoms with van der Waals surface area (Å²) >= 11 is 1.54. The molecule has 0 atom stereocenters. The third-order valence-corrected chi connectivity index (χ3v) is 4.27. The number of carbonyl (C=O) groups is 1. The molecule has 0 radical (unpaired) electrons. The number of hydrogen-bond donors (Lipinski definition) is 1. The highest BCUT2D eigenvalue weighted by Gasteiger charge is 2.16. The van der Waals surface area contributed by atoms with Gasteiger partial charge in [0.1, 0.15) is 0 Å². The molecule has 0 bridgehead atoms. The molecule has 1 N–H and O–H groups in total. The maximum atomic E-state index is 11.2. The van der Waals surface area contributed by atoms with E-state index in [4.69, 9.17) is 4.52 Å². The second-order valence-electron chi connectivity index (χ2n) is 5.54. The van der Waals surface area contributed by atoms with Crippen molar-refractivity contribution in [1.29, 1.82) is 0 Å². The number of aromatic nitrogens is 2. The zero-order valence-corrected chi connectivity index (χ0v) is 14.1. The molecule has 2 heterocycles. The third-order valence-electron chi connectivity index (χ3n) is 3.59. The Balaban J connectivity index is 2.02. The van der Waals surface area contributed by atoms with E-state index in [9.17, 15) is 9.90 Å². The van der Waals surface area contributed by atoms with E-state index in [0.29, 0.717) is 11.4 Å². The first kappa shape index (κ1) is 16.1. The van der Waals surface area contributed by atoms with Crippen LogP contribution in [0.1, 0.15) is 29.0 Å². The van der Waals surface area contributed by atoms with Crippen molar-refractivity contribution in [2.24, 2.45) is 0 Å². The lowest BCUT2D eigenvalue weighted by Gasteiger charge is -2.04. The average molecular weight is 340 g/mol. The minimum Gasteiger partial charge on any atom is -0.481 e. The van der Waals surface area contributed by atoms with Crippen LogP contribution in [0.2, 0.25) is 0 Å². The van der Waals surface area contributed by atoms with Crippen molar-refractivity contribution in [2.45, 2.75) is 20.3 Å². The van der Waals surface area contributed by atoms with Gasteiger partial charge in [0.15, 0.2) is 0 Å². The molecule has 3 rings (SSSR count). The molecule has 1 aromatic carbocycles. The Morgan fingerprint density at radius 3 is 2.88 bits per heavy atom. The van der Waals surface area contributed by atoms with Gasteiger partial charge in [-0.25, -0.2) is 0 Å². The van der Waals surface area contributed by atoms with Crippen LogP contribution >= 0.6 is 11.3 Å². The standard InChI is InChI=1S/C18H16N2O3S/c1-11-3-4-12(2)14(7-11)8-15(9-16(21)22)18-19-17(20-23-18)13-5-6-24-10-13/h3-8,10H,9H2,1-2H3,(H,21,22)/b15-8+. The van der Waals surface area contributed by atoms with E-state index in [2.05, 4.69) is 10.1 Å². The molecule has 5 nitrogen and oxygen atoms in total. The van der Waals surface area contributed by atoms with Gasteiger partial charge >= 0.3 is 5.97 Å². The van der Waals surface area contributed by atoms with Crippen molar-refractivity contribution < 1.29 is 14.4 Å². The average Bonchev–Trinajstić information content (AvgIpc) is 3.20. The number of carboxylic acid groups (broad SMARTS) is 1. The molecule has 0 saturated heterocycles. The summed E-state index contributed by atoms with van der Waals surface area (Å²) < 4.78 is 5.31. The van der Waals surface area contributed by atoms with Crippen LogP contribution in [0.15, 0.2) is 39.5 Å². The second-order valence-corrected chi connectivity index (χ2v) is 6.32. The predicted molar refractivity (Wildman–Crippen MR) is 93.7 cm³/mol. The summed E-state index contributed by atoms with van der Waals surface area (Å²) in [6.45, 7) is 3.98. The molecule has 0 amide bonds. The predicted octanol–water partition coefficient (Wildman–Crippen LogP) is 4.43. The van der Waals surface area contributed by atoms with Crippen LogP contribution in [0.4, 0.5) is 0 Å². The van der Waals surface area contributed by atoms with E-state index in [-0.39, 0.29) is 12.3 Å². The molecule has 0 aliphatic carbocycles. The Morgan fingerprint density at radius 1 is 1.33 bits per heavy atom. The fraction of sp³-hybridized carbons (Fsp3) is 0.167. The van der Waals surface area contributed by atoms with Gasteiger partial charge in [-0.2, -0.15) is 16.3 Å². The number of aryl methyl sites for hydroxylation is 2. The van der Waals surface area contributed by atoms with E-state index in [0.717, 1.165) is 22.3 Å². The Morgan fingerprint density at radius 2 is 2.17 bits per heavy atom. The number of carboxylic acids is 1. The molecular formula is C18H16N2O3S. The highest BCUT2D eigenvalue weighted by atomic mass is 32.1. The molecule has 6 heteroatoms. The molecule has 0 aliphatic heterocycles. The van der Waals surface area contributed by atoms with Crippen molar-refractivity contribution >= 4 is 29.0 Å². The summed E-state index contributed by atoms with van der Waals surface area (Å²) in [4.78, 5) is 15.6. The van der Waals surface area contributed by atoms with Crippen LogP contribution in [0.3, 0.4) is 0 Å². The zero-order valence-electron chi connectivity index (χ0n) is 13.3. The van der Waals surface area contributed by atoms with Gasteiger partial charge in [0, 0.05) is 16.5 Å². The maximum Gasteiger partial charge on any atom is 0.308 e. The highest BCUT2D eigenvalue weighted by Crippen LogP contribution is 2.26. The van der Waals surface area contributed by atoms with Gasteiger partial charge in [-0.3, -0.25) is 4.79 Å². The summed E-state index contributed by atoms with van der Waals surface area (Å²) in [6.07, 6.45) is 1.63. The van der Waals surface area contributed by atoms with Gasteiger partial charge in [0.05, 0.1) is 6.42 Å². The SMILES string of the molecule is Cc1ccc(C)c(/C=C(\CC(=O)O)c2nc(-c3ccsc3)no2)c1. The number of benzene rings is 1.